The lowest BCUT2D eigenvalue weighted by Crippen LogP contribution is -2.55. The average molecular weight is 367 g/mol. The van der Waals surface area contributed by atoms with E-state index in [0.29, 0.717) is 26.2 Å². The summed E-state index contributed by atoms with van der Waals surface area (Å²) in [6.45, 7) is 6.96. The first-order valence-electron chi connectivity index (χ1n) is 10.3. The highest BCUT2D eigenvalue weighted by molar-refractivity contribution is 5.82. The summed E-state index contributed by atoms with van der Waals surface area (Å²) in [5.41, 5.74) is -0.642. The molecule has 2 saturated heterocycles. The van der Waals surface area contributed by atoms with Crippen molar-refractivity contribution in [3.63, 3.8) is 0 Å². The second-order valence-electron chi connectivity index (χ2n) is 7.77. The summed E-state index contributed by atoms with van der Waals surface area (Å²) in [5, 5.41) is 14.0. The Balaban J connectivity index is 1.54. The maximum Gasteiger partial charge on any atom is 0.251 e. The molecule has 0 aromatic rings. The summed E-state index contributed by atoms with van der Waals surface area (Å²) < 4.78 is 5.53. The van der Waals surface area contributed by atoms with Gasteiger partial charge in [0.2, 0.25) is 0 Å². The van der Waals surface area contributed by atoms with Crippen LogP contribution in [0.15, 0.2) is 4.99 Å². The van der Waals surface area contributed by atoms with Crippen molar-refractivity contribution in [2.75, 3.05) is 45.9 Å². The van der Waals surface area contributed by atoms with Crippen molar-refractivity contribution < 1.29 is 14.6 Å². The number of guanidine groups is 1. The molecule has 2 N–H and O–H groups in total. The Bertz CT molecular complexity index is 491. The number of carbonyl (C=O) groups excluding carboxylic acids is 1. The molecule has 1 unspecified atom stereocenters. The fraction of sp³-hybridized carbons (Fsp3) is 0.895. The minimum Gasteiger partial charge on any atom is -0.388 e. The number of aliphatic imine (C=N–C) groups is 1. The summed E-state index contributed by atoms with van der Waals surface area (Å²) in [6, 6.07) is 0. The van der Waals surface area contributed by atoms with Crippen LogP contribution in [-0.2, 0) is 9.53 Å². The SMILES string of the molecule is CCNC(=NCC1(O)CCCCC1)N1CCN(C(=O)C2CCCO2)CC1. The fourth-order valence-electron chi connectivity index (χ4n) is 4.13. The van der Waals surface area contributed by atoms with Gasteiger partial charge in [0.1, 0.15) is 6.10 Å². The molecule has 3 fully saturated rings. The Labute approximate surface area is 156 Å². The van der Waals surface area contributed by atoms with Gasteiger partial charge in [0, 0.05) is 39.3 Å². The highest BCUT2D eigenvalue weighted by Crippen LogP contribution is 2.28. The van der Waals surface area contributed by atoms with E-state index in [0.717, 1.165) is 64.1 Å². The normalized spacial score (nSPS) is 26.8. The van der Waals surface area contributed by atoms with Crippen LogP contribution < -0.4 is 5.32 Å². The van der Waals surface area contributed by atoms with Crippen LogP contribution in [-0.4, -0.2) is 84.4 Å². The van der Waals surface area contributed by atoms with Gasteiger partial charge in [0.15, 0.2) is 5.96 Å². The van der Waals surface area contributed by atoms with Gasteiger partial charge in [-0.3, -0.25) is 9.79 Å². The second kappa shape index (κ2) is 9.04. The maximum atomic E-state index is 12.5. The molecule has 2 aliphatic heterocycles. The number of hydrogen-bond donors (Lipinski definition) is 2. The van der Waals surface area contributed by atoms with Gasteiger partial charge < -0.3 is 25.0 Å². The van der Waals surface area contributed by atoms with E-state index in [4.69, 9.17) is 9.73 Å². The second-order valence-corrected chi connectivity index (χ2v) is 7.77. The number of hydrogen-bond acceptors (Lipinski definition) is 4. The molecule has 7 nitrogen and oxygen atoms in total. The first-order valence-corrected chi connectivity index (χ1v) is 10.3. The van der Waals surface area contributed by atoms with Gasteiger partial charge in [-0.15, -0.1) is 0 Å². The van der Waals surface area contributed by atoms with Crippen LogP contribution in [0.4, 0.5) is 0 Å². The molecule has 0 radical (unpaired) electrons. The number of nitrogens with one attached hydrogen (secondary N) is 1. The van der Waals surface area contributed by atoms with E-state index >= 15 is 0 Å². The first kappa shape index (κ1) is 19.4. The van der Waals surface area contributed by atoms with Crippen LogP contribution >= 0.6 is 0 Å². The van der Waals surface area contributed by atoms with Crippen molar-refractivity contribution >= 4 is 11.9 Å². The summed E-state index contributed by atoms with van der Waals surface area (Å²) in [5.74, 6) is 0.997. The summed E-state index contributed by atoms with van der Waals surface area (Å²) >= 11 is 0. The van der Waals surface area contributed by atoms with Gasteiger partial charge >= 0.3 is 0 Å². The molecule has 2 heterocycles. The van der Waals surface area contributed by atoms with Gasteiger partial charge in [-0.25, -0.2) is 0 Å². The number of carbonyl (C=O) groups is 1. The van der Waals surface area contributed by atoms with Crippen LogP contribution in [0.1, 0.15) is 51.9 Å². The van der Waals surface area contributed by atoms with E-state index in [-0.39, 0.29) is 12.0 Å². The molecule has 0 aromatic carbocycles. The third-order valence-corrected chi connectivity index (χ3v) is 5.74. The fourth-order valence-corrected chi connectivity index (χ4v) is 4.13. The van der Waals surface area contributed by atoms with E-state index in [1.807, 2.05) is 4.90 Å². The Morgan fingerprint density at radius 3 is 2.46 bits per heavy atom. The molecule has 1 aliphatic carbocycles. The Hall–Kier alpha value is -1.34. The van der Waals surface area contributed by atoms with Gasteiger partial charge in [0.25, 0.3) is 5.91 Å². The first-order chi connectivity index (χ1) is 12.6. The standard InChI is InChI=1S/C19H34N4O3/c1-2-20-18(21-15-19(25)8-4-3-5-9-19)23-12-10-22(11-13-23)17(24)16-7-6-14-26-16/h16,25H,2-15H2,1H3,(H,20,21). The number of ether oxygens (including phenoxy) is 1. The highest BCUT2D eigenvalue weighted by atomic mass is 16.5. The zero-order chi connectivity index (χ0) is 18.4. The van der Waals surface area contributed by atoms with Gasteiger partial charge in [0.05, 0.1) is 12.1 Å². The minimum absolute atomic E-state index is 0.139. The lowest BCUT2D eigenvalue weighted by Gasteiger charge is -2.38. The van der Waals surface area contributed by atoms with Gasteiger partial charge in [-0.2, -0.15) is 0 Å². The molecule has 148 valence electrons. The average Bonchev–Trinajstić information content (AvgIpc) is 3.20. The van der Waals surface area contributed by atoms with Crippen LogP contribution in [0.2, 0.25) is 0 Å². The quantitative estimate of drug-likeness (QED) is 0.573. The number of rotatable bonds is 4. The maximum absolute atomic E-state index is 12.5. The van der Waals surface area contributed by atoms with E-state index in [1.165, 1.54) is 6.42 Å². The van der Waals surface area contributed by atoms with E-state index in [9.17, 15) is 9.90 Å². The van der Waals surface area contributed by atoms with Crippen LogP contribution in [0.5, 0.6) is 0 Å². The van der Waals surface area contributed by atoms with Crippen LogP contribution in [0.3, 0.4) is 0 Å². The lowest BCUT2D eigenvalue weighted by atomic mass is 9.85. The Morgan fingerprint density at radius 2 is 1.85 bits per heavy atom. The smallest absolute Gasteiger partial charge is 0.251 e. The highest BCUT2D eigenvalue weighted by Gasteiger charge is 2.32. The topological polar surface area (TPSA) is 77.4 Å². The van der Waals surface area contributed by atoms with E-state index in [1.54, 1.807) is 0 Å². The molecule has 1 amide bonds. The van der Waals surface area contributed by atoms with Crippen molar-refractivity contribution in [3.8, 4) is 0 Å². The molecule has 7 heteroatoms. The molecule has 1 atom stereocenters. The van der Waals surface area contributed by atoms with Crippen molar-refractivity contribution in [1.82, 2.24) is 15.1 Å². The number of aliphatic hydroxyl groups is 1. The molecular weight excluding hydrogens is 332 g/mol. The molecule has 26 heavy (non-hydrogen) atoms. The number of piperazine rings is 1. The largest absolute Gasteiger partial charge is 0.388 e. The van der Waals surface area contributed by atoms with Crippen LogP contribution in [0.25, 0.3) is 0 Å². The Morgan fingerprint density at radius 1 is 1.15 bits per heavy atom. The predicted octanol–water partition coefficient (Wildman–Crippen LogP) is 0.970. The third kappa shape index (κ3) is 4.88. The summed E-state index contributed by atoms with van der Waals surface area (Å²) in [4.78, 5) is 21.3. The molecule has 1 saturated carbocycles. The lowest BCUT2D eigenvalue weighted by molar-refractivity contribution is -0.142. The van der Waals surface area contributed by atoms with E-state index < -0.39 is 5.60 Å². The van der Waals surface area contributed by atoms with Crippen molar-refractivity contribution in [3.05, 3.63) is 0 Å². The summed E-state index contributed by atoms with van der Waals surface area (Å²) in [7, 11) is 0. The molecule has 0 bridgehead atoms. The van der Waals surface area contributed by atoms with Crippen molar-refractivity contribution in [2.24, 2.45) is 4.99 Å². The molecule has 0 aromatic heterocycles. The van der Waals surface area contributed by atoms with Gasteiger partial charge in [-0.1, -0.05) is 19.3 Å². The zero-order valence-corrected chi connectivity index (χ0v) is 16.1. The van der Waals surface area contributed by atoms with Crippen molar-refractivity contribution in [1.29, 1.82) is 0 Å². The van der Waals surface area contributed by atoms with Gasteiger partial charge in [-0.05, 0) is 32.6 Å². The predicted molar refractivity (Wildman–Crippen MR) is 101 cm³/mol. The monoisotopic (exact) mass is 366 g/mol. The molecule has 3 aliphatic rings. The van der Waals surface area contributed by atoms with E-state index in [2.05, 4.69) is 17.1 Å². The molecule has 0 spiro atoms. The Kier molecular flexibility index (Phi) is 6.75. The number of amides is 1. The zero-order valence-electron chi connectivity index (χ0n) is 16.1. The minimum atomic E-state index is -0.642. The van der Waals surface area contributed by atoms with Crippen LogP contribution in [0, 0.1) is 0 Å². The molecular formula is C19H34N4O3. The van der Waals surface area contributed by atoms with Crippen molar-refractivity contribution in [2.45, 2.75) is 63.6 Å². The summed E-state index contributed by atoms with van der Waals surface area (Å²) in [6.07, 6.45) is 6.69. The number of nitrogens with zero attached hydrogens (tertiary/aromatic N) is 3. The molecule has 3 rings (SSSR count). The third-order valence-electron chi connectivity index (χ3n) is 5.74.